The summed E-state index contributed by atoms with van der Waals surface area (Å²) in [6, 6.07) is 0. The minimum Gasteiger partial charge on any atom is -0.299 e. The van der Waals surface area contributed by atoms with Crippen molar-refractivity contribution in [2.75, 3.05) is 0 Å². The molecule has 0 saturated heterocycles. The van der Waals surface area contributed by atoms with E-state index in [9.17, 15) is 4.79 Å². The summed E-state index contributed by atoms with van der Waals surface area (Å²) in [5, 5.41) is 0. The van der Waals surface area contributed by atoms with Gasteiger partial charge in [-0.25, -0.2) is 0 Å². The van der Waals surface area contributed by atoms with Crippen molar-refractivity contribution >= 4 is 5.78 Å². The number of rotatable bonds is 3. The average Bonchev–Trinajstić information content (AvgIpc) is 3.00. The van der Waals surface area contributed by atoms with Crippen LogP contribution in [-0.2, 0) is 4.79 Å². The molecule has 0 radical (unpaired) electrons. The van der Waals surface area contributed by atoms with Crippen LogP contribution in [0.5, 0.6) is 0 Å². The first kappa shape index (κ1) is 25.2. The quantitative estimate of drug-likeness (QED) is 0.390. The zero-order chi connectivity index (χ0) is 24.6. The van der Waals surface area contributed by atoms with Crippen molar-refractivity contribution in [3.8, 4) is 0 Å². The zero-order valence-corrected chi connectivity index (χ0v) is 23.5. The van der Waals surface area contributed by atoms with Gasteiger partial charge in [0.1, 0.15) is 5.78 Å². The predicted molar refractivity (Wildman–Crippen MR) is 141 cm³/mol. The SMILES string of the molecule is CC(=CC[C@@H](C)[C@H]1CC[C@@]2(C)[C@H]3CC[C@@H]4C(C)(C)C(=O)CC[C@@]4(C)C3=CC[C@]12C)C(C)(C)C. The number of hydrogen-bond donors (Lipinski definition) is 0. The number of ketones is 1. The first-order valence-electron chi connectivity index (χ1n) is 14.0. The molecule has 4 rings (SSSR count). The average molecular weight is 453 g/mol. The minimum absolute atomic E-state index is 0.162. The lowest BCUT2D eigenvalue weighted by Gasteiger charge is -2.63. The summed E-state index contributed by atoms with van der Waals surface area (Å²) >= 11 is 0. The number of carbonyl (C=O) groups is 1. The fraction of sp³-hybridized carbons (Fsp3) is 0.844. The normalized spacial score (nSPS) is 43.9. The first-order valence-corrected chi connectivity index (χ1v) is 14.0. The van der Waals surface area contributed by atoms with Gasteiger partial charge >= 0.3 is 0 Å². The van der Waals surface area contributed by atoms with E-state index in [2.05, 4.69) is 81.4 Å². The summed E-state index contributed by atoms with van der Waals surface area (Å²) in [5.41, 5.74) is 4.43. The largest absolute Gasteiger partial charge is 0.299 e. The zero-order valence-electron chi connectivity index (χ0n) is 23.5. The predicted octanol–water partition coefficient (Wildman–Crippen LogP) is 9.18. The maximum atomic E-state index is 12.8. The summed E-state index contributed by atoms with van der Waals surface area (Å²) in [7, 11) is 0. The van der Waals surface area contributed by atoms with Crippen molar-refractivity contribution in [2.24, 2.45) is 50.7 Å². The highest BCUT2D eigenvalue weighted by Gasteiger charge is 2.65. The molecule has 3 saturated carbocycles. The molecule has 0 spiro atoms. The minimum atomic E-state index is -0.162. The number of allylic oxidation sites excluding steroid dienone is 4. The van der Waals surface area contributed by atoms with Crippen molar-refractivity contribution in [2.45, 2.75) is 121 Å². The second kappa shape index (κ2) is 7.83. The second-order valence-corrected chi connectivity index (χ2v) is 14.9. The molecule has 4 aliphatic carbocycles. The smallest absolute Gasteiger partial charge is 0.138 e. The van der Waals surface area contributed by atoms with E-state index in [1.54, 1.807) is 5.57 Å². The van der Waals surface area contributed by atoms with Crippen LogP contribution in [0, 0.1) is 50.7 Å². The number of hydrogen-bond acceptors (Lipinski definition) is 1. The lowest BCUT2D eigenvalue weighted by atomic mass is 9.41. The third-order valence-corrected chi connectivity index (χ3v) is 12.3. The van der Waals surface area contributed by atoms with Crippen molar-refractivity contribution in [1.29, 1.82) is 0 Å². The van der Waals surface area contributed by atoms with Gasteiger partial charge in [-0.05, 0) is 97.2 Å². The molecular formula is C32H52O. The molecule has 33 heavy (non-hydrogen) atoms. The Balaban J connectivity index is 1.63. The van der Waals surface area contributed by atoms with Crippen LogP contribution in [0.3, 0.4) is 0 Å². The van der Waals surface area contributed by atoms with E-state index >= 15 is 0 Å². The van der Waals surface area contributed by atoms with E-state index in [0.717, 1.165) is 24.7 Å². The van der Waals surface area contributed by atoms with Crippen LogP contribution < -0.4 is 0 Å². The van der Waals surface area contributed by atoms with Crippen molar-refractivity contribution < 1.29 is 4.79 Å². The molecule has 0 aliphatic heterocycles. The highest BCUT2D eigenvalue weighted by molar-refractivity contribution is 5.85. The molecule has 0 aromatic carbocycles. The number of Topliss-reactive ketones (excluding diaryl/α,β-unsaturated/α-hetero) is 1. The standard InChI is InChI=1S/C32H52O/c1-21(11-12-22(2)28(3,4)5)23-15-19-32(10)25-13-14-26-29(6,7)27(33)17-18-30(26,8)24(25)16-20-31(23,32)9/h12,16,21,23,25-26H,11,13-15,17-20H2,1-10H3/t21-,23-,25+,26-,30+,31-,32+/m1/s1. The maximum Gasteiger partial charge on any atom is 0.138 e. The van der Waals surface area contributed by atoms with E-state index in [1.807, 2.05) is 0 Å². The van der Waals surface area contributed by atoms with Crippen LogP contribution in [0.25, 0.3) is 0 Å². The van der Waals surface area contributed by atoms with Crippen molar-refractivity contribution in [3.63, 3.8) is 0 Å². The van der Waals surface area contributed by atoms with E-state index in [4.69, 9.17) is 0 Å². The van der Waals surface area contributed by atoms with Crippen molar-refractivity contribution in [1.82, 2.24) is 0 Å². The van der Waals surface area contributed by atoms with Gasteiger partial charge in [0.05, 0.1) is 0 Å². The Bertz CT molecular complexity index is 865. The Morgan fingerprint density at radius 3 is 2.36 bits per heavy atom. The van der Waals surface area contributed by atoms with E-state index in [-0.39, 0.29) is 16.2 Å². The summed E-state index contributed by atoms with van der Waals surface area (Å²) in [6.45, 7) is 24.2. The summed E-state index contributed by atoms with van der Waals surface area (Å²) in [5.74, 6) is 3.28. The molecule has 1 heteroatoms. The highest BCUT2D eigenvalue weighted by Crippen LogP contribution is 2.72. The topological polar surface area (TPSA) is 17.1 Å². The van der Waals surface area contributed by atoms with Gasteiger partial charge < -0.3 is 0 Å². The Kier molecular flexibility index (Phi) is 5.99. The first-order chi connectivity index (χ1) is 15.1. The van der Waals surface area contributed by atoms with E-state index in [0.29, 0.717) is 28.4 Å². The van der Waals surface area contributed by atoms with Crippen LogP contribution in [0.15, 0.2) is 23.3 Å². The third-order valence-electron chi connectivity index (χ3n) is 12.3. The Morgan fingerprint density at radius 1 is 1.06 bits per heavy atom. The molecule has 3 fully saturated rings. The van der Waals surface area contributed by atoms with Crippen LogP contribution in [0.1, 0.15) is 121 Å². The van der Waals surface area contributed by atoms with E-state index in [1.165, 1.54) is 44.1 Å². The van der Waals surface area contributed by atoms with Crippen LogP contribution >= 0.6 is 0 Å². The number of fused-ring (bicyclic) bond motifs is 5. The molecule has 1 nitrogen and oxygen atoms in total. The molecule has 0 aromatic heterocycles. The summed E-state index contributed by atoms with van der Waals surface area (Å²) in [6.07, 6.45) is 14.9. The third kappa shape index (κ3) is 3.57. The molecule has 0 unspecified atom stereocenters. The van der Waals surface area contributed by atoms with Gasteiger partial charge in [-0.3, -0.25) is 4.79 Å². The Morgan fingerprint density at radius 2 is 1.73 bits per heavy atom. The van der Waals surface area contributed by atoms with Crippen LogP contribution in [0.2, 0.25) is 0 Å². The molecule has 0 heterocycles. The van der Waals surface area contributed by atoms with Crippen LogP contribution in [0.4, 0.5) is 0 Å². The fourth-order valence-corrected chi connectivity index (χ4v) is 9.32. The molecule has 0 bridgehead atoms. The van der Waals surface area contributed by atoms with E-state index < -0.39 is 0 Å². The van der Waals surface area contributed by atoms with Gasteiger partial charge in [-0.1, -0.05) is 85.6 Å². The van der Waals surface area contributed by atoms with Crippen LogP contribution in [-0.4, -0.2) is 5.78 Å². The highest BCUT2D eigenvalue weighted by atomic mass is 16.1. The van der Waals surface area contributed by atoms with Gasteiger partial charge in [0.25, 0.3) is 0 Å². The number of carbonyl (C=O) groups excluding carboxylic acids is 1. The van der Waals surface area contributed by atoms with Gasteiger partial charge in [0, 0.05) is 11.8 Å². The Labute approximate surface area is 205 Å². The Hall–Kier alpha value is -0.850. The lowest BCUT2D eigenvalue weighted by molar-refractivity contribution is -0.142. The molecule has 0 N–H and O–H groups in total. The monoisotopic (exact) mass is 452 g/mol. The van der Waals surface area contributed by atoms with Gasteiger partial charge in [-0.2, -0.15) is 0 Å². The molecular weight excluding hydrogens is 400 g/mol. The molecule has 186 valence electrons. The second-order valence-electron chi connectivity index (χ2n) is 14.9. The van der Waals surface area contributed by atoms with Gasteiger partial charge in [0.2, 0.25) is 0 Å². The van der Waals surface area contributed by atoms with Gasteiger partial charge in [0.15, 0.2) is 0 Å². The molecule has 0 amide bonds. The maximum absolute atomic E-state index is 12.8. The summed E-state index contributed by atoms with van der Waals surface area (Å²) < 4.78 is 0. The summed E-state index contributed by atoms with van der Waals surface area (Å²) in [4.78, 5) is 12.8. The van der Waals surface area contributed by atoms with Gasteiger partial charge in [-0.15, -0.1) is 0 Å². The lowest BCUT2D eigenvalue weighted by Crippen LogP contribution is -2.56. The van der Waals surface area contributed by atoms with Crippen molar-refractivity contribution in [3.05, 3.63) is 23.3 Å². The molecule has 0 aromatic rings. The molecule has 7 atom stereocenters. The molecule has 4 aliphatic rings. The fourth-order valence-electron chi connectivity index (χ4n) is 9.32.